The van der Waals surface area contributed by atoms with Crippen molar-refractivity contribution in [1.82, 2.24) is 9.97 Å². The Morgan fingerprint density at radius 3 is 2.29 bits per heavy atom. The van der Waals surface area contributed by atoms with Crippen LogP contribution in [-0.4, -0.2) is 29.2 Å². The number of fused-ring (bicyclic) bond motifs is 1. The zero-order valence-electron chi connectivity index (χ0n) is 12.2. The van der Waals surface area contributed by atoms with Crippen molar-refractivity contribution in [2.45, 2.75) is 6.92 Å². The third kappa shape index (κ3) is 2.67. The molecule has 3 rings (SSSR count). The van der Waals surface area contributed by atoms with Crippen molar-refractivity contribution in [1.29, 1.82) is 0 Å². The third-order valence-electron chi connectivity index (χ3n) is 3.48. The van der Waals surface area contributed by atoms with Crippen molar-refractivity contribution in [3.05, 3.63) is 42.0 Å². The Hall–Kier alpha value is -2.20. The summed E-state index contributed by atoms with van der Waals surface area (Å²) in [7, 11) is 4.02. The summed E-state index contributed by atoms with van der Waals surface area (Å²) in [5, 5.41) is 9.89. The summed E-state index contributed by atoms with van der Waals surface area (Å²) in [6, 6.07) is 11.7. The van der Waals surface area contributed by atoms with Gasteiger partial charge in [-0.15, -0.1) is 12.4 Å². The molecule has 4 nitrogen and oxygen atoms in total. The van der Waals surface area contributed by atoms with Crippen LogP contribution in [0.2, 0.25) is 0 Å². The van der Waals surface area contributed by atoms with Crippen molar-refractivity contribution in [2.75, 3.05) is 19.0 Å². The normalized spacial score (nSPS) is 10.4. The smallest absolute Gasteiger partial charge is 0.141 e. The van der Waals surface area contributed by atoms with Crippen LogP contribution < -0.4 is 4.90 Å². The molecule has 0 saturated carbocycles. The minimum absolute atomic E-state index is 0. The number of hydrogen-bond acceptors (Lipinski definition) is 3. The topological polar surface area (TPSA) is 52.1 Å². The van der Waals surface area contributed by atoms with E-state index in [0.717, 1.165) is 28.2 Å². The summed E-state index contributed by atoms with van der Waals surface area (Å²) in [6.45, 7) is 1.99. The van der Waals surface area contributed by atoms with Crippen molar-refractivity contribution < 1.29 is 5.11 Å². The number of aromatic nitrogens is 2. The number of imidazole rings is 1. The molecule has 0 unspecified atom stereocenters. The summed E-state index contributed by atoms with van der Waals surface area (Å²) in [5.74, 6) is 1.00. The van der Waals surface area contributed by atoms with Gasteiger partial charge < -0.3 is 15.0 Å². The molecule has 0 saturated heterocycles. The fraction of sp³-hybridized carbons (Fsp3) is 0.188. The fourth-order valence-electron chi connectivity index (χ4n) is 2.26. The average Bonchev–Trinajstić information content (AvgIpc) is 2.89. The van der Waals surface area contributed by atoms with Crippen molar-refractivity contribution in [3.8, 4) is 17.1 Å². The second-order valence-electron chi connectivity index (χ2n) is 5.15. The molecule has 1 heterocycles. The van der Waals surface area contributed by atoms with E-state index < -0.39 is 0 Å². The Morgan fingerprint density at radius 1 is 1.05 bits per heavy atom. The van der Waals surface area contributed by atoms with Gasteiger partial charge in [-0.25, -0.2) is 4.98 Å². The number of halogens is 1. The van der Waals surface area contributed by atoms with Gasteiger partial charge in [0.25, 0.3) is 0 Å². The second kappa shape index (κ2) is 5.66. The maximum atomic E-state index is 9.89. The number of aromatic hydroxyl groups is 1. The maximum absolute atomic E-state index is 9.89. The minimum Gasteiger partial charge on any atom is -0.506 e. The van der Waals surface area contributed by atoms with Crippen LogP contribution in [0, 0.1) is 6.92 Å². The monoisotopic (exact) mass is 303 g/mol. The van der Waals surface area contributed by atoms with Gasteiger partial charge in [0, 0.05) is 25.3 Å². The SMILES string of the molecule is Cc1ccc(O)c2[nH]c(-c3ccc(N(C)C)cc3)nc12.Cl. The van der Waals surface area contributed by atoms with E-state index in [1.807, 2.05) is 39.2 Å². The molecule has 2 N–H and O–H groups in total. The summed E-state index contributed by atoms with van der Waals surface area (Å²) in [6.07, 6.45) is 0. The first kappa shape index (κ1) is 15.2. The molecule has 2 aromatic carbocycles. The lowest BCUT2D eigenvalue weighted by molar-refractivity contribution is 0.480. The second-order valence-corrected chi connectivity index (χ2v) is 5.15. The van der Waals surface area contributed by atoms with Gasteiger partial charge in [-0.05, 0) is 42.8 Å². The highest BCUT2D eigenvalue weighted by Crippen LogP contribution is 2.29. The molecule has 0 bridgehead atoms. The summed E-state index contributed by atoms with van der Waals surface area (Å²) >= 11 is 0. The van der Waals surface area contributed by atoms with E-state index >= 15 is 0 Å². The van der Waals surface area contributed by atoms with E-state index in [1.54, 1.807) is 6.07 Å². The predicted molar refractivity (Wildman–Crippen MR) is 89.5 cm³/mol. The molecule has 1 aromatic heterocycles. The van der Waals surface area contributed by atoms with Crippen LogP contribution in [0.3, 0.4) is 0 Å². The maximum Gasteiger partial charge on any atom is 0.141 e. The molecule has 0 atom stereocenters. The van der Waals surface area contributed by atoms with E-state index in [-0.39, 0.29) is 18.2 Å². The van der Waals surface area contributed by atoms with Crippen LogP contribution in [0.15, 0.2) is 36.4 Å². The van der Waals surface area contributed by atoms with Gasteiger partial charge in [-0.3, -0.25) is 0 Å². The van der Waals surface area contributed by atoms with Crippen LogP contribution in [0.5, 0.6) is 5.75 Å². The number of aryl methyl sites for hydroxylation is 1. The first-order chi connectivity index (χ1) is 9.56. The lowest BCUT2D eigenvalue weighted by Gasteiger charge is -2.11. The molecule has 0 aliphatic rings. The summed E-state index contributed by atoms with van der Waals surface area (Å²) < 4.78 is 0. The third-order valence-corrected chi connectivity index (χ3v) is 3.48. The zero-order chi connectivity index (χ0) is 14.3. The number of anilines is 1. The van der Waals surface area contributed by atoms with Gasteiger partial charge in [-0.2, -0.15) is 0 Å². The molecule has 21 heavy (non-hydrogen) atoms. The van der Waals surface area contributed by atoms with E-state index in [9.17, 15) is 5.11 Å². The lowest BCUT2D eigenvalue weighted by Crippen LogP contribution is -2.07. The van der Waals surface area contributed by atoms with Crippen LogP contribution >= 0.6 is 12.4 Å². The number of nitrogens with one attached hydrogen (secondary N) is 1. The van der Waals surface area contributed by atoms with Crippen molar-refractivity contribution in [3.63, 3.8) is 0 Å². The van der Waals surface area contributed by atoms with Crippen LogP contribution in [0.4, 0.5) is 5.69 Å². The highest BCUT2D eigenvalue weighted by atomic mass is 35.5. The Bertz CT molecular complexity index is 724. The van der Waals surface area contributed by atoms with Crippen molar-refractivity contribution in [2.24, 2.45) is 0 Å². The minimum atomic E-state index is 0. The Labute approximate surface area is 129 Å². The Kier molecular flexibility index (Phi) is 4.09. The molecule has 0 aliphatic carbocycles. The van der Waals surface area contributed by atoms with Gasteiger partial charge in [0.2, 0.25) is 0 Å². The van der Waals surface area contributed by atoms with E-state index in [0.29, 0.717) is 5.52 Å². The number of phenolic OH excluding ortho intramolecular Hbond substituents is 1. The van der Waals surface area contributed by atoms with Crippen LogP contribution in [0.1, 0.15) is 5.56 Å². The Morgan fingerprint density at radius 2 is 1.71 bits per heavy atom. The van der Waals surface area contributed by atoms with Gasteiger partial charge in [0.05, 0.1) is 5.52 Å². The van der Waals surface area contributed by atoms with E-state index in [4.69, 9.17) is 0 Å². The molecule has 5 heteroatoms. The Balaban J connectivity index is 0.00000161. The number of rotatable bonds is 2. The van der Waals surface area contributed by atoms with Crippen LogP contribution in [-0.2, 0) is 0 Å². The average molecular weight is 304 g/mol. The number of H-pyrrole nitrogens is 1. The van der Waals surface area contributed by atoms with E-state index in [2.05, 4.69) is 27.0 Å². The quantitative estimate of drug-likeness (QED) is 0.758. The number of benzene rings is 2. The van der Waals surface area contributed by atoms with Gasteiger partial charge in [0.1, 0.15) is 17.1 Å². The molecule has 0 radical (unpaired) electrons. The molecule has 0 amide bonds. The molecule has 110 valence electrons. The van der Waals surface area contributed by atoms with Crippen LogP contribution in [0.25, 0.3) is 22.4 Å². The molecule has 0 aliphatic heterocycles. The van der Waals surface area contributed by atoms with Gasteiger partial charge >= 0.3 is 0 Å². The standard InChI is InChI=1S/C16H17N3O.ClH/c1-10-4-9-13(20)15-14(10)17-16(18-15)11-5-7-12(8-6-11)19(2)3;/h4-9,20H,1-3H3,(H,17,18);1H. The van der Waals surface area contributed by atoms with Crippen molar-refractivity contribution >= 4 is 29.1 Å². The number of nitrogens with zero attached hydrogens (tertiary/aromatic N) is 2. The first-order valence-electron chi connectivity index (χ1n) is 6.52. The molecule has 3 aromatic rings. The lowest BCUT2D eigenvalue weighted by atomic mass is 10.2. The first-order valence-corrected chi connectivity index (χ1v) is 6.52. The molecular weight excluding hydrogens is 286 g/mol. The molecular formula is C16H18ClN3O. The predicted octanol–water partition coefficient (Wildman–Crippen LogP) is 3.73. The fourth-order valence-corrected chi connectivity index (χ4v) is 2.26. The number of phenols is 1. The summed E-state index contributed by atoms with van der Waals surface area (Å²) in [5.41, 5.74) is 4.70. The highest BCUT2D eigenvalue weighted by Gasteiger charge is 2.10. The molecule has 0 fully saturated rings. The highest BCUT2D eigenvalue weighted by molar-refractivity contribution is 5.87. The zero-order valence-corrected chi connectivity index (χ0v) is 13.0. The summed E-state index contributed by atoms with van der Waals surface area (Å²) in [4.78, 5) is 9.84. The number of hydrogen-bond donors (Lipinski definition) is 2. The largest absolute Gasteiger partial charge is 0.506 e. The van der Waals surface area contributed by atoms with Gasteiger partial charge in [-0.1, -0.05) is 6.07 Å². The molecule has 0 spiro atoms. The number of aromatic amines is 1. The van der Waals surface area contributed by atoms with E-state index in [1.165, 1.54) is 0 Å². The van der Waals surface area contributed by atoms with Gasteiger partial charge in [0.15, 0.2) is 0 Å².